The van der Waals surface area contributed by atoms with E-state index in [1.54, 1.807) is 12.1 Å². The van der Waals surface area contributed by atoms with Gasteiger partial charge in [0.25, 0.3) is 0 Å². The van der Waals surface area contributed by atoms with E-state index in [9.17, 15) is 23.1 Å². The van der Waals surface area contributed by atoms with Gasteiger partial charge in [-0.1, -0.05) is 23.7 Å². The van der Waals surface area contributed by atoms with Gasteiger partial charge in [-0.2, -0.15) is 13.2 Å². The maximum Gasteiger partial charge on any atom is 0.416 e. The van der Waals surface area contributed by atoms with Gasteiger partial charge < -0.3 is 15.2 Å². The van der Waals surface area contributed by atoms with E-state index in [1.165, 1.54) is 6.92 Å². The number of aliphatic hydroxyl groups is 1. The molecule has 2 N–H and O–H groups in total. The summed E-state index contributed by atoms with van der Waals surface area (Å²) >= 11 is 5.89. The third-order valence-corrected chi connectivity index (χ3v) is 5.23. The van der Waals surface area contributed by atoms with E-state index in [2.05, 4.69) is 5.32 Å². The van der Waals surface area contributed by atoms with Crippen LogP contribution in [0.2, 0.25) is 5.02 Å². The average molecular weight is 428 g/mol. The van der Waals surface area contributed by atoms with Crippen molar-refractivity contribution in [2.75, 3.05) is 6.54 Å². The molecule has 1 saturated carbocycles. The van der Waals surface area contributed by atoms with Crippen LogP contribution in [-0.4, -0.2) is 23.3 Å². The lowest BCUT2D eigenvalue weighted by molar-refractivity contribution is -0.137. The zero-order valence-electron chi connectivity index (χ0n) is 15.7. The summed E-state index contributed by atoms with van der Waals surface area (Å²) in [4.78, 5) is 12.6. The fourth-order valence-electron chi connectivity index (χ4n) is 3.13. The van der Waals surface area contributed by atoms with Crippen molar-refractivity contribution in [1.29, 1.82) is 0 Å². The number of nitrogens with one attached hydrogen (secondary N) is 1. The van der Waals surface area contributed by atoms with Crippen LogP contribution in [0.15, 0.2) is 48.5 Å². The van der Waals surface area contributed by atoms with Gasteiger partial charge in [-0.3, -0.25) is 4.79 Å². The lowest BCUT2D eigenvalue weighted by Crippen LogP contribution is -2.40. The number of carbonyl (C=O) groups is 1. The summed E-state index contributed by atoms with van der Waals surface area (Å²) in [6, 6.07) is 11.2. The molecule has 0 aliphatic heterocycles. The predicted octanol–water partition coefficient (Wildman–Crippen LogP) is 4.68. The monoisotopic (exact) mass is 427 g/mol. The van der Waals surface area contributed by atoms with Crippen molar-refractivity contribution in [1.82, 2.24) is 5.32 Å². The summed E-state index contributed by atoms with van der Waals surface area (Å²) in [6.45, 7) is 1.55. The predicted molar refractivity (Wildman–Crippen MR) is 103 cm³/mol. The van der Waals surface area contributed by atoms with Crippen molar-refractivity contribution in [3.8, 4) is 5.75 Å². The molecular formula is C21H21ClF3NO3. The van der Waals surface area contributed by atoms with Gasteiger partial charge in [-0.15, -0.1) is 0 Å². The van der Waals surface area contributed by atoms with E-state index in [4.69, 9.17) is 16.3 Å². The van der Waals surface area contributed by atoms with Crippen LogP contribution in [0.3, 0.4) is 0 Å². The van der Waals surface area contributed by atoms with E-state index < -0.39 is 22.9 Å². The summed E-state index contributed by atoms with van der Waals surface area (Å²) in [5.41, 5.74) is -0.467. The highest BCUT2D eigenvalue weighted by Gasteiger charge is 2.51. The normalized spacial score (nSPS) is 17.3. The van der Waals surface area contributed by atoms with E-state index >= 15 is 0 Å². The molecule has 0 saturated heterocycles. The molecule has 0 bridgehead atoms. The molecular weight excluding hydrogens is 407 g/mol. The quantitative estimate of drug-likeness (QED) is 0.630. The zero-order chi connectivity index (χ0) is 21.3. The van der Waals surface area contributed by atoms with Crippen LogP contribution in [0, 0.1) is 0 Å². The van der Waals surface area contributed by atoms with Crippen LogP contribution in [0.4, 0.5) is 13.2 Å². The first kappa shape index (κ1) is 21.5. The minimum atomic E-state index is -4.44. The van der Waals surface area contributed by atoms with Gasteiger partial charge >= 0.3 is 6.18 Å². The molecule has 156 valence electrons. The van der Waals surface area contributed by atoms with Gasteiger partial charge in [0.15, 0.2) is 0 Å². The Hall–Kier alpha value is -2.25. The van der Waals surface area contributed by atoms with Crippen LogP contribution >= 0.6 is 11.6 Å². The third kappa shape index (κ3) is 5.22. The van der Waals surface area contributed by atoms with Gasteiger partial charge in [0.05, 0.1) is 11.0 Å². The Bertz CT molecular complexity index is 860. The molecule has 4 nitrogen and oxygen atoms in total. The van der Waals surface area contributed by atoms with Gasteiger partial charge in [0.2, 0.25) is 11.7 Å². The molecule has 0 spiro atoms. The average Bonchev–Trinajstić information content (AvgIpc) is 3.43. The van der Waals surface area contributed by atoms with Crippen LogP contribution in [-0.2, 0) is 16.4 Å². The first-order chi connectivity index (χ1) is 13.5. The number of hydrogen-bond acceptors (Lipinski definition) is 3. The van der Waals surface area contributed by atoms with E-state index in [1.807, 2.05) is 12.1 Å². The van der Waals surface area contributed by atoms with Crippen molar-refractivity contribution < 1.29 is 27.8 Å². The van der Waals surface area contributed by atoms with E-state index in [0.717, 1.165) is 42.7 Å². The van der Waals surface area contributed by atoms with Crippen molar-refractivity contribution in [3.05, 3.63) is 64.7 Å². The Morgan fingerprint density at radius 1 is 1.14 bits per heavy atom. The van der Waals surface area contributed by atoms with Gasteiger partial charge in [-0.05, 0) is 54.8 Å². The molecule has 29 heavy (non-hydrogen) atoms. The highest BCUT2D eigenvalue weighted by molar-refractivity contribution is 6.30. The zero-order valence-corrected chi connectivity index (χ0v) is 16.5. The number of alkyl halides is 3. The standard InChI is InChI=1S/C21H21ClF3NO3/c1-19(28,29-17-8-4-15(5-9-17)21(23,24)25)12-13-26-18(27)20(10-11-20)14-2-6-16(22)7-3-14/h2-9,28H,10-13H2,1H3,(H,26,27). The van der Waals surface area contributed by atoms with Crippen LogP contribution in [0.1, 0.15) is 37.3 Å². The largest absolute Gasteiger partial charge is 0.463 e. The molecule has 0 heterocycles. The minimum absolute atomic E-state index is 0.0659. The van der Waals surface area contributed by atoms with E-state index in [-0.39, 0.29) is 24.6 Å². The Morgan fingerprint density at radius 2 is 1.72 bits per heavy atom. The van der Waals surface area contributed by atoms with Crippen molar-refractivity contribution >= 4 is 17.5 Å². The Labute approximate surface area is 171 Å². The van der Waals surface area contributed by atoms with E-state index in [0.29, 0.717) is 5.02 Å². The van der Waals surface area contributed by atoms with Crippen LogP contribution < -0.4 is 10.1 Å². The lowest BCUT2D eigenvalue weighted by Gasteiger charge is -2.25. The first-order valence-electron chi connectivity index (χ1n) is 9.15. The molecule has 1 unspecified atom stereocenters. The second-order valence-electron chi connectivity index (χ2n) is 7.39. The number of hydrogen-bond donors (Lipinski definition) is 2. The molecule has 8 heteroatoms. The molecule has 1 amide bonds. The third-order valence-electron chi connectivity index (χ3n) is 4.98. The molecule has 2 aromatic rings. The van der Waals surface area contributed by atoms with Gasteiger partial charge in [-0.25, -0.2) is 0 Å². The molecule has 1 fully saturated rings. The topological polar surface area (TPSA) is 58.6 Å². The molecule has 0 radical (unpaired) electrons. The fourth-order valence-corrected chi connectivity index (χ4v) is 3.26. The first-order valence-corrected chi connectivity index (χ1v) is 9.53. The number of ether oxygens (including phenoxy) is 1. The smallest absolute Gasteiger partial charge is 0.416 e. The molecule has 0 aromatic heterocycles. The Balaban J connectivity index is 1.52. The van der Waals surface area contributed by atoms with Crippen LogP contribution in [0.5, 0.6) is 5.75 Å². The number of halogens is 4. The highest BCUT2D eigenvalue weighted by atomic mass is 35.5. The number of rotatable bonds is 7. The second kappa shape index (κ2) is 7.88. The maximum absolute atomic E-state index is 12.6. The van der Waals surface area contributed by atoms with Crippen LogP contribution in [0.25, 0.3) is 0 Å². The SMILES string of the molecule is CC(O)(CCNC(=O)C1(c2ccc(Cl)cc2)CC1)Oc1ccc(C(F)(F)F)cc1. The highest BCUT2D eigenvalue weighted by Crippen LogP contribution is 2.48. The fraction of sp³-hybridized carbons (Fsp3) is 0.381. The second-order valence-corrected chi connectivity index (χ2v) is 7.83. The summed E-state index contributed by atoms with van der Waals surface area (Å²) < 4.78 is 43.2. The number of carbonyl (C=O) groups excluding carboxylic acids is 1. The maximum atomic E-state index is 12.6. The molecule has 1 aliphatic rings. The van der Waals surface area contributed by atoms with Crippen molar-refractivity contribution in [2.24, 2.45) is 0 Å². The van der Waals surface area contributed by atoms with Gasteiger partial charge in [0, 0.05) is 24.9 Å². The molecule has 3 rings (SSSR count). The summed E-state index contributed by atoms with van der Waals surface area (Å²) in [5, 5.41) is 13.8. The molecule has 1 atom stereocenters. The summed E-state index contributed by atoms with van der Waals surface area (Å²) in [7, 11) is 0. The molecule has 2 aromatic carbocycles. The van der Waals surface area contributed by atoms with Crippen molar-refractivity contribution in [2.45, 2.75) is 43.6 Å². The number of benzene rings is 2. The Morgan fingerprint density at radius 3 is 2.24 bits per heavy atom. The minimum Gasteiger partial charge on any atom is -0.463 e. The Kier molecular flexibility index (Phi) is 5.83. The van der Waals surface area contributed by atoms with Crippen molar-refractivity contribution in [3.63, 3.8) is 0 Å². The summed E-state index contributed by atoms with van der Waals surface area (Å²) in [6.07, 6.45) is -2.90. The number of amides is 1. The lowest BCUT2D eigenvalue weighted by atomic mass is 9.95. The summed E-state index contributed by atoms with van der Waals surface area (Å²) in [5.74, 6) is -1.68. The van der Waals surface area contributed by atoms with Gasteiger partial charge in [0.1, 0.15) is 5.75 Å². The molecule has 1 aliphatic carbocycles.